The van der Waals surface area contributed by atoms with Crippen LogP contribution in [0.25, 0.3) is 21.9 Å². The Balaban J connectivity index is 1.69. The largest absolute Gasteiger partial charge is 0.423 e. The number of nitrogens with zero attached hydrogens (tertiary/aromatic N) is 1. The molecule has 2 heterocycles. The number of fused-ring (bicyclic) bond motifs is 2. The first kappa shape index (κ1) is 31.0. The highest BCUT2D eigenvalue weighted by molar-refractivity contribution is 6.05. The molecule has 4 rings (SSSR count). The molecule has 2 aromatic heterocycles. The van der Waals surface area contributed by atoms with Crippen LogP contribution in [0.1, 0.15) is 45.2 Å². The average Bonchev–Trinajstić information content (AvgIpc) is 3.34. The summed E-state index contributed by atoms with van der Waals surface area (Å²) in [6.45, 7) is 8.38. The Kier molecular flexibility index (Phi) is 9.33. The van der Waals surface area contributed by atoms with E-state index in [-0.39, 0.29) is 30.0 Å². The molecule has 226 valence electrons. The summed E-state index contributed by atoms with van der Waals surface area (Å²) in [4.78, 5) is 68.8. The molecule has 0 aliphatic heterocycles. The molecule has 4 aromatic rings. The molecule has 11 nitrogen and oxygen atoms in total. The van der Waals surface area contributed by atoms with Gasteiger partial charge in [-0.2, -0.15) is 0 Å². The molecule has 5 N–H and O–H groups in total. The molecule has 0 saturated carbocycles. The Morgan fingerprint density at radius 1 is 0.977 bits per heavy atom. The van der Waals surface area contributed by atoms with Gasteiger partial charge in [0.05, 0.1) is 0 Å². The molecule has 0 spiro atoms. The molecule has 3 atom stereocenters. The number of primary amides is 1. The lowest BCUT2D eigenvalue weighted by molar-refractivity contribution is -0.131. The summed E-state index contributed by atoms with van der Waals surface area (Å²) in [5.41, 5.74) is 8.04. The quantitative estimate of drug-likeness (QED) is 0.197. The minimum Gasteiger partial charge on any atom is -0.423 e. The second kappa shape index (κ2) is 12.9. The number of benzene rings is 2. The summed E-state index contributed by atoms with van der Waals surface area (Å²) in [6.07, 6.45) is 2.22. The van der Waals surface area contributed by atoms with Gasteiger partial charge in [0.15, 0.2) is 0 Å². The van der Waals surface area contributed by atoms with Crippen LogP contribution >= 0.6 is 0 Å². The van der Waals surface area contributed by atoms with Gasteiger partial charge in [-0.1, -0.05) is 32.0 Å². The van der Waals surface area contributed by atoms with E-state index in [9.17, 15) is 24.0 Å². The summed E-state index contributed by atoms with van der Waals surface area (Å²) in [6, 6.07) is 10.7. The number of nitrogens with two attached hydrogens (primary N) is 1. The molecule has 0 saturated heterocycles. The molecule has 0 unspecified atom stereocenters. The van der Waals surface area contributed by atoms with Crippen molar-refractivity contribution in [2.24, 2.45) is 11.7 Å². The van der Waals surface area contributed by atoms with E-state index in [1.165, 1.54) is 30.9 Å². The Morgan fingerprint density at radius 3 is 2.37 bits per heavy atom. The van der Waals surface area contributed by atoms with Gasteiger partial charge in [0.2, 0.25) is 23.6 Å². The van der Waals surface area contributed by atoms with Crippen molar-refractivity contribution in [2.45, 2.75) is 65.6 Å². The summed E-state index contributed by atoms with van der Waals surface area (Å²) < 4.78 is 5.37. The van der Waals surface area contributed by atoms with Gasteiger partial charge in [-0.05, 0) is 55.5 Å². The molecule has 0 radical (unpaired) electrons. The molecule has 0 fully saturated rings. The monoisotopic (exact) mass is 587 g/mol. The van der Waals surface area contributed by atoms with Crippen molar-refractivity contribution >= 4 is 51.2 Å². The first-order valence-electron chi connectivity index (χ1n) is 14.1. The Morgan fingerprint density at radius 2 is 1.70 bits per heavy atom. The number of para-hydroxylation sites is 1. The van der Waals surface area contributed by atoms with Crippen LogP contribution in [0.4, 0.5) is 5.69 Å². The van der Waals surface area contributed by atoms with E-state index in [0.29, 0.717) is 10.9 Å². The normalized spacial score (nSPS) is 13.4. The molecule has 4 amide bonds. The van der Waals surface area contributed by atoms with Crippen molar-refractivity contribution in [1.29, 1.82) is 0 Å². The smallest absolute Gasteiger partial charge is 0.336 e. The zero-order chi connectivity index (χ0) is 31.4. The van der Waals surface area contributed by atoms with Crippen LogP contribution in [0, 0.1) is 12.8 Å². The van der Waals surface area contributed by atoms with Crippen molar-refractivity contribution < 1.29 is 23.6 Å². The van der Waals surface area contributed by atoms with E-state index in [1.54, 1.807) is 25.3 Å². The van der Waals surface area contributed by atoms with Crippen LogP contribution in [0.3, 0.4) is 0 Å². The van der Waals surface area contributed by atoms with Crippen molar-refractivity contribution in [3.8, 4) is 0 Å². The van der Waals surface area contributed by atoms with E-state index >= 15 is 0 Å². The first-order valence-corrected chi connectivity index (χ1v) is 14.1. The third kappa shape index (κ3) is 7.11. The van der Waals surface area contributed by atoms with E-state index in [2.05, 4.69) is 15.6 Å². The Hall–Kier alpha value is -4.93. The molecular weight excluding hydrogens is 550 g/mol. The topological polar surface area (TPSA) is 168 Å². The van der Waals surface area contributed by atoms with E-state index in [4.69, 9.17) is 10.2 Å². The average molecular weight is 588 g/mol. The lowest BCUT2D eigenvalue weighted by atomic mass is 9.99. The number of anilines is 1. The molecule has 0 aliphatic carbocycles. The van der Waals surface area contributed by atoms with E-state index in [1.807, 2.05) is 38.1 Å². The SMILES string of the molecule is CC(=O)N[C@@H](Cc1c[nH]c2ccccc12)C(=O)N[C@@H](CC(C)C)C(=O)N(c1ccc2c(C)cc(=O)oc2c1)[C@@H](C)C(N)=O. The number of aryl methyl sites for hydroxylation is 1. The maximum Gasteiger partial charge on any atom is 0.336 e. The molecule has 0 bridgehead atoms. The van der Waals surface area contributed by atoms with Crippen LogP contribution in [0.5, 0.6) is 0 Å². The number of hydrogen-bond donors (Lipinski definition) is 4. The summed E-state index contributed by atoms with van der Waals surface area (Å²) in [5.74, 6) is -2.30. The van der Waals surface area contributed by atoms with Gasteiger partial charge < -0.3 is 25.8 Å². The van der Waals surface area contributed by atoms with Crippen LogP contribution in [0.2, 0.25) is 0 Å². The molecule has 43 heavy (non-hydrogen) atoms. The highest BCUT2D eigenvalue weighted by Gasteiger charge is 2.35. The third-order valence-electron chi connectivity index (χ3n) is 7.36. The number of hydrogen-bond acceptors (Lipinski definition) is 6. The Bertz CT molecular complexity index is 1740. The lowest BCUT2D eigenvalue weighted by Crippen LogP contribution is -2.58. The fourth-order valence-electron chi connectivity index (χ4n) is 5.24. The van der Waals surface area contributed by atoms with Crippen molar-refractivity contribution in [1.82, 2.24) is 15.6 Å². The number of carbonyl (C=O) groups excluding carboxylic acids is 4. The highest BCUT2D eigenvalue weighted by Crippen LogP contribution is 2.27. The minimum absolute atomic E-state index is 0.0231. The number of rotatable bonds is 11. The van der Waals surface area contributed by atoms with E-state index < -0.39 is 47.4 Å². The fraction of sp³-hybridized carbons (Fsp3) is 0.344. The number of aromatic nitrogens is 1. The number of aromatic amines is 1. The van der Waals surface area contributed by atoms with Crippen LogP contribution in [0.15, 0.2) is 63.9 Å². The number of amides is 4. The maximum absolute atomic E-state index is 14.2. The zero-order valence-corrected chi connectivity index (χ0v) is 24.9. The summed E-state index contributed by atoms with van der Waals surface area (Å²) >= 11 is 0. The minimum atomic E-state index is -1.09. The maximum atomic E-state index is 14.2. The van der Waals surface area contributed by atoms with Gasteiger partial charge >= 0.3 is 5.63 Å². The fourth-order valence-corrected chi connectivity index (χ4v) is 5.24. The first-order chi connectivity index (χ1) is 20.3. The lowest BCUT2D eigenvalue weighted by Gasteiger charge is -2.32. The van der Waals surface area contributed by atoms with Crippen molar-refractivity contribution in [2.75, 3.05) is 4.90 Å². The van der Waals surface area contributed by atoms with Gasteiger partial charge in [0, 0.05) is 53.7 Å². The van der Waals surface area contributed by atoms with Crippen molar-refractivity contribution in [3.63, 3.8) is 0 Å². The molecular formula is C32H37N5O6. The van der Waals surface area contributed by atoms with Gasteiger partial charge in [-0.15, -0.1) is 0 Å². The van der Waals surface area contributed by atoms with Gasteiger partial charge in [0.25, 0.3) is 0 Å². The van der Waals surface area contributed by atoms with Gasteiger partial charge in [0.1, 0.15) is 23.7 Å². The van der Waals surface area contributed by atoms with E-state index in [0.717, 1.165) is 16.5 Å². The van der Waals surface area contributed by atoms with Crippen molar-refractivity contribution in [3.05, 3.63) is 76.3 Å². The molecule has 0 aliphatic rings. The molecule has 11 heteroatoms. The third-order valence-corrected chi connectivity index (χ3v) is 7.36. The number of H-pyrrole nitrogens is 1. The second-order valence-corrected chi connectivity index (χ2v) is 11.2. The zero-order valence-electron chi connectivity index (χ0n) is 24.9. The standard InChI is InChI=1S/C32H37N5O6/c1-17(2)12-27(36-31(41)26(35-20(5)38)14-21-16-34-25-9-7-6-8-24(21)25)32(42)37(19(4)30(33)40)22-10-11-23-18(3)13-29(39)43-28(23)15-22/h6-11,13,15-17,19,26-27,34H,12,14H2,1-5H3,(H2,33,40)(H,35,38)(H,36,41)/t19-,26-,27-/m0/s1. The predicted molar refractivity (Wildman–Crippen MR) is 164 cm³/mol. The number of nitrogens with one attached hydrogen (secondary N) is 3. The Labute approximate surface area is 248 Å². The van der Waals surface area contributed by atoms with Crippen LogP contribution < -0.4 is 26.9 Å². The van der Waals surface area contributed by atoms with Crippen LogP contribution in [-0.2, 0) is 25.6 Å². The second-order valence-electron chi connectivity index (χ2n) is 11.2. The summed E-state index contributed by atoms with van der Waals surface area (Å²) in [5, 5.41) is 7.13. The van der Waals surface area contributed by atoms with Gasteiger partial charge in [-0.3, -0.25) is 24.1 Å². The van der Waals surface area contributed by atoms with Gasteiger partial charge in [-0.25, -0.2) is 4.79 Å². The predicted octanol–water partition coefficient (Wildman–Crippen LogP) is 3.07. The summed E-state index contributed by atoms with van der Waals surface area (Å²) in [7, 11) is 0. The highest BCUT2D eigenvalue weighted by atomic mass is 16.4. The molecule has 2 aromatic carbocycles. The van der Waals surface area contributed by atoms with Crippen LogP contribution in [-0.4, -0.2) is 46.7 Å². The number of carbonyl (C=O) groups is 4.